The predicted octanol–water partition coefficient (Wildman–Crippen LogP) is 4.40. The molecule has 0 bridgehead atoms. The van der Waals surface area contributed by atoms with Crippen LogP contribution in [-0.2, 0) is 6.54 Å². The van der Waals surface area contributed by atoms with Gasteiger partial charge < -0.3 is 10.6 Å². The van der Waals surface area contributed by atoms with E-state index in [0.717, 1.165) is 22.4 Å². The fourth-order valence-corrected chi connectivity index (χ4v) is 2.78. The molecule has 0 spiro atoms. The summed E-state index contributed by atoms with van der Waals surface area (Å²) in [5.41, 5.74) is 4.30. The second-order valence-electron chi connectivity index (χ2n) is 6.41. The van der Waals surface area contributed by atoms with Gasteiger partial charge >= 0.3 is 0 Å². The maximum atomic E-state index is 12.3. The SMILES string of the molecule is O=C(Nc1ccccc1)c1ccc(CNc2ncc(-c3cccnc3)cn2)cc1. The van der Waals surface area contributed by atoms with E-state index in [2.05, 4.69) is 25.6 Å². The topological polar surface area (TPSA) is 79.8 Å². The molecule has 4 aromatic rings. The summed E-state index contributed by atoms with van der Waals surface area (Å²) in [5.74, 6) is 0.411. The van der Waals surface area contributed by atoms with Gasteiger partial charge in [0.2, 0.25) is 5.95 Å². The van der Waals surface area contributed by atoms with Gasteiger partial charge in [0.1, 0.15) is 0 Å². The van der Waals surface area contributed by atoms with Gasteiger partial charge in [-0.2, -0.15) is 0 Å². The zero-order valence-corrected chi connectivity index (χ0v) is 15.6. The highest BCUT2D eigenvalue weighted by molar-refractivity contribution is 6.04. The molecule has 0 radical (unpaired) electrons. The molecule has 2 N–H and O–H groups in total. The lowest BCUT2D eigenvalue weighted by Crippen LogP contribution is -2.12. The van der Waals surface area contributed by atoms with E-state index < -0.39 is 0 Å². The first-order valence-corrected chi connectivity index (χ1v) is 9.19. The van der Waals surface area contributed by atoms with Crippen LogP contribution in [0.5, 0.6) is 0 Å². The molecule has 6 nitrogen and oxygen atoms in total. The first-order chi connectivity index (χ1) is 14.3. The van der Waals surface area contributed by atoms with Crippen molar-refractivity contribution in [2.75, 3.05) is 10.6 Å². The molecule has 0 atom stereocenters. The smallest absolute Gasteiger partial charge is 0.255 e. The van der Waals surface area contributed by atoms with Crippen LogP contribution in [0.3, 0.4) is 0 Å². The number of carbonyl (C=O) groups excluding carboxylic acids is 1. The number of nitrogens with one attached hydrogen (secondary N) is 2. The van der Waals surface area contributed by atoms with Crippen LogP contribution in [0.4, 0.5) is 11.6 Å². The fourth-order valence-electron chi connectivity index (χ4n) is 2.78. The Morgan fingerprint density at radius 2 is 1.55 bits per heavy atom. The minimum atomic E-state index is -0.134. The predicted molar refractivity (Wildman–Crippen MR) is 113 cm³/mol. The molecule has 142 valence electrons. The molecule has 0 aliphatic heterocycles. The number of pyridine rings is 1. The lowest BCUT2D eigenvalue weighted by molar-refractivity contribution is 0.102. The summed E-state index contributed by atoms with van der Waals surface area (Å²) >= 11 is 0. The van der Waals surface area contributed by atoms with Crippen LogP contribution in [-0.4, -0.2) is 20.9 Å². The summed E-state index contributed by atoms with van der Waals surface area (Å²) in [6, 6.07) is 20.7. The Kier molecular flexibility index (Phi) is 5.53. The standard InChI is InChI=1S/C23H19N5O/c29-22(28-21-6-2-1-3-7-21)18-10-8-17(9-11-18)13-25-23-26-15-20(16-27-23)19-5-4-12-24-14-19/h1-12,14-16H,13H2,(H,28,29)(H,25,26,27). The lowest BCUT2D eigenvalue weighted by atomic mass is 10.1. The van der Waals surface area contributed by atoms with Crippen molar-refractivity contribution in [1.82, 2.24) is 15.0 Å². The van der Waals surface area contributed by atoms with Crippen molar-refractivity contribution in [3.05, 3.63) is 103 Å². The van der Waals surface area contributed by atoms with E-state index in [4.69, 9.17) is 0 Å². The first-order valence-electron chi connectivity index (χ1n) is 9.19. The van der Waals surface area contributed by atoms with E-state index in [1.165, 1.54) is 0 Å². The molecule has 29 heavy (non-hydrogen) atoms. The molecule has 4 rings (SSSR count). The molecule has 1 amide bonds. The highest BCUT2D eigenvalue weighted by Gasteiger charge is 2.06. The summed E-state index contributed by atoms with van der Waals surface area (Å²) in [4.78, 5) is 25.1. The van der Waals surface area contributed by atoms with E-state index in [9.17, 15) is 4.79 Å². The van der Waals surface area contributed by atoms with E-state index in [0.29, 0.717) is 18.1 Å². The molecule has 0 saturated heterocycles. The summed E-state index contributed by atoms with van der Waals surface area (Å²) in [5, 5.41) is 6.06. The second-order valence-corrected chi connectivity index (χ2v) is 6.41. The van der Waals surface area contributed by atoms with E-state index in [1.54, 1.807) is 24.8 Å². The Labute approximate surface area is 168 Å². The molecule has 2 heterocycles. The minimum absolute atomic E-state index is 0.134. The van der Waals surface area contributed by atoms with Crippen LogP contribution >= 0.6 is 0 Å². The number of aromatic nitrogens is 3. The van der Waals surface area contributed by atoms with Crippen molar-refractivity contribution in [2.24, 2.45) is 0 Å². The van der Waals surface area contributed by atoms with Crippen LogP contribution < -0.4 is 10.6 Å². The average Bonchev–Trinajstić information content (AvgIpc) is 2.80. The van der Waals surface area contributed by atoms with Crippen LogP contribution in [0.15, 0.2) is 91.5 Å². The van der Waals surface area contributed by atoms with Crippen LogP contribution in [0, 0.1) is 0 Å². The average molecular weight is 381 g/mol. The molecule has 0 aliphatic carbocycles. The second kappa shape index (κ2) is 8.75. The number of amides is 1. The van der Waals surface area contributed by atoms with E-state index in [-0.39, 0.29) is 5.91 Å². The minimum Gasteiger partial charge on any atom is -0.350 e. The lowest BCUT2D eigenvalue weighted by Gasteiger charge is -2.08. The Balaban J connectivity index is 1.34. The summed E-state index contributed by atoms with van der Waals surface area (Å²) in [6.45, 7) is 0.562. The number of benzene rings is 2. The van der Waals surface area contributed by atoms with Gasteiger partial charge in [0.15, 0.2) is 0 Å². The van der Waals surface area contributed by atoms with Gasteiger partial charge in [0.05, 0.1) is 0 Å². The Morgan fingerprint density at radius 3 is 2.24 bits per heavy atom. The molecule has 0 unspecified atom stereocenters. The maximum absolute atomic E-state index is 12.3. The maximum Gasteiger partial charge on any atom is 0.255 e. The number of rotatable bonds is 6. The number of anilines is 2. The van der Waals surface area contributed by atoms with Crippen LogP contribution in [0.2, 0.25) is 0 Å². The van der Waals surface area contributed by atoms with Crippen molar-refractivity contribution in [2.45, 2.75) is 6.54 Å². The normalized spacial score (nSPS) is 10.3. The van der Waals surface area contributed by atoms with Gasteiger partial charge in [-0.15, -0.1) is 0 Å². The van der Waals surface area contributed by atoms with Crippen molar-refractivity contribution < 1.29 is 4.79 Å². The monoisotopic (exact) mass is 381 g/mol. The zero-order valence-electron chi connectivity index (χ0n) is 15.6. The summed E-state index contributed by atoms with van der Waals surface area (Å²) < 4.78 is 0. The van der Waals surface area contributed by atoms with Gasteiger partial charge in [-0.25, -0.2) is 9.97 Å². The molecular formula is C23H19N5O. The molecule has 2 aromatic heterocycles. The third kappa shape index (κ3) is 4.81. The Bertz CT molecular complexity index is 1070. The van der Waals surface area contributed by atoms with Gasteiger partial charge in [-0.05, 0) is 35.9 Å². The number of carbonyl (C=O) groups is 1. The molecule has 0 saturated carbocycles. The molecule has 0 aliphatic rings. The van der Waals surface area contributed by atoms with Crippen LogP contribution in [0.1, 0.15) is 15.9 Å². The van der Waals surface area contributed by atoms with Crippen molar-refractivity contribution in [3.8, 4) is 11.1 Å². The van der Waals surface area contributed by atoms with Crippen molar-refractivity contribution in [3.63, 3.8) is 0 Å². The number of hydrogen-bond acceptors (Lipinski definition) is 5. The first kappa shape index (κ1) is 18.3. The van der Waals surface area contributed by atoms with Gasteiger partial charge in [-0.1, -0.05) is 36.4 Å². The third-order valence-corrected chi connectivity index (χ3v) is 4.35. The molecular weight excluding hydrogens is 362 g/mol. The van der Waals surface area contributed by atoms with E-state index in [1.807, 2.05) is 66.7 Å². The highest BCUT2D eigenvalue weighted by Crippen LogP contribution is 2.16. The van der Waals surface area contributed by atoms with Gasteiger partial charge in [0.25, 0.3) is 5.91 Å². The van der Waals surface area contributed by atoms with Gasteiger partial charge in [0, 0.05) is 53.7 Å². The van der Waals surface area contributed by atoms with Crippen molar-refractivity contribution in [1.29, 1.82) is 0 Å². The highest BCUT2D eigenvalue weighted by atomic mass is 16.1. The molecule has 0 fully saturated rings. The van der Waals surface area contributed by atoms with Gasteiger partial charge in [-0.3, -0.25) is 9.78 Å². The molecule has 6 heteroatoms. The number of para-hydroxylation sites is 1. The van der Waals surface area contributed by atoms with Crippen LogP contribution in [0.25, 0.3) is 11.1 Å². The summed E-state index contributed by atoms with van der Waals surface area (Å²) in [7, 11) is 0. The third-order valence-electron chi connectivity index (χ3n) is 4.35. The largest absolute Gasteiger partial charge is 0.350 e. The molecule has 2 aromatic carbocycles. The Hall–Kier alpha value is -4.06. The fraction of sp³-hybridized carbons (Fsp3) is 0.0435. The van der Waals surface area contributed by atoms with Crippen molar-refractivity contribution >= 4 is 17.5 Å². The number of nitrogens with zero attached hydrogens (tertiary/aromatic N) is 3. The zero-order chi connectivity index (χ0) is 19.9. The Morgan fingerprint density at radius 1 is 0.793 bits per heavy atom. The van der Waals surface area contributed by atoms with E-state index >= 15 is 0 Å². The number of hydrogen-bond donors (Lipinski definition) is 2. The summed E-state index contributed by atoms with van der Waals surface area (Å²) in [6.07, 6.45) is 7.05. The quantitative estimate of drug-likeness (QED) is 0.517.